The molecule has 2 atom stereocenters. The first kappa shape index (κ1) is 19.9. The molecule has 5 nitrogen and oxygen atoms in total. The minimum Gasteiger partial charge on any atom is -0.443 e. The highest BCUT2D eigenvalue weighted by atomic mass is 16.6. The minimum absolute atomic E-state index is 0.00498. The molecule has 2 rings (SSSR count). The van der Waals surface area contributed by atoms with Crippen molar-refractivity contribution in [2.24, 2.45) is 0 Å². The molecular formula is C21H27NO4. The molecule has 0 saturated heterocycles. The number of carbonyl (C=O) groups excluding carboxylic acids is 3. The fourth-order valence-corrected chi connectivity index (χ4v) is 3.33. The molecule has 1 aliphatic heterocycles. The number of carbonyl (C=O) groups is 3. The Balaban J connectivity index is 2.49. The van der Waals surface area contributed by atoms with Gasteiger partial charge in [-0.1, -0.05) is 35.9 Å². The summed E-state index contributed by atoms with van der Waals surface area (Å²) in [5, 5.41) is 0. The standard InChI is InChI=1S/C21H27NO4/c1-14-8-7-9-16(12-14)17(13-15(2)23)21(6)11-10-18(24)22(21)19(25)26-20(3,4)5/h7-12,17H,13H2,1-6H3/t17-,21+/m1/s1. The van der Waals surface area contributed by atoms with Gasteiger partial charge in [0.2, 0.25) is 0 Å². The van der Waals surface area contributed by atoms with Crippen molar-refractivity contribution >= 4 is 17.8 Å². The Labute approximate surface area is 155 Å². The van der Waals surface area contributed by atoms with Crippen molar-refractivity contribution in [2.45, 2.75) is 65.0 Å². The summed E-state index contributed by atoms with van der Waals surface area (Å²) in [4.78, 5) is 38.3. The van der Waals surface area contributed by atoms with Crippen molar-refractivity contribution in [1.29, 1.82) is 0 Å². The van der Waals surface area contributed by atoms with Gasteiger partial charge in [0.25, 0.3) is 5.91 Å². The zero-order valence-electron chi connectivity index (χ0n) is 16.3. The summed E-state index contributed by atoms with van der Waals surface area (Å²) in [6.45, 7) is 10.5. The van der Waals surface area contributed by atoms with Gasteiger partial charge in [-0.3, -0.25) is 4.79 Å². The van der Waals surface area contributed by atoms with E-state index in [-0.39, 0.29) is 18.1 Å². The fourth-order valence-electron chi connectivity index (χ4n) is 3.33. The SMILES string of the molecule is CC(=O)C[C@H](c1cccc(C)c1)[C@]1(C)C=CC(=O)N1C(=O)OC(C)(C)C. The zero-order valence-corrected chi connectivity index (χ0v) is 16.3. The molecule has 1 aliphatic rings. The van der Waals surface area contributed by atoms with Crippen LogP contribution in [0, 0.1) is 6.92 Å². The van der Waals surface area contributed by atoms with E-state index in [1.807, 2.05) is 31.2 Å². The third-order valence-electron chi connectivity index (χ3n) is 4.48. The normalized spacial score (nSPS) is 21.0. The third kappa shape index (κ3) is 4.21. The minimum atomic E-state index is -0.973. The number of rotatable bonds is 4. The highest BCUT2D eigenvalue weighted by Crippen LogP contribution is 2.41. The highest BCUT2D eigenvalue weighted by molar-refractivity contribution is 6.02. The number of benzene rings is 1. The van der Waals surface area contributed by atoms with Crippen LogP contribution in [-0.4, -0.2) is 33.8 Å². The van der Waals surface area contributed by atoms with Gasteiger partial charge in [-0.05, 0) is 47.1 Å². The average molecular weight is 357 g/mol. The van der Waals surface area contributed by atoms with Crippen LogP contribution in [0.5, 0.6) is 0 Å². The molecule has 26 heavy (non-hydrogen) atoms. The second kappa shape index (κ2) is 7.06. The largest absolute Gasteiger partial charge is 0.443 e. The molecule has 0 radical (unpaired) electrons. The van der Waals surface area contributed by atoms with Crippen molar-refractivity contribution in [3.63, 3.8) is 0 Å². The number of amides is 2. The molecule has 0 N–H and O–H groups in total. The number of aryl methyl sites for hydroxylation is 1. The van der Waals surface area contributed by atoms with Gasteiger partial charge in [0, 0.05) is 18.4 Å². The van der Waals surface area contributed by atoms with Crippen LogP contribution in [0.3, 0.4) is 0 Å². The maximum absolute atomic E-state index is 12.7. The van der Waals surface area contributed by atoms with E-state index in [1.54, 1.807) is 33.8 Å². The van der Waals surface area contributed by atoms with Crippen LogP contribution in [0.2, 0.25) is 0 Å². The number of hydrogen-bond donors (Lipinski definition) is 0. The second-order valence-corrected chi connectivity index (χ2v) is 8.09. The zero-order chi connectivity index (χ0) is 19.7. The van der Waals surface area contributed by atoms with E-state index in [2.05, 4.69) is 0 Å². The quantitative estimate of drug-likeness (QED) is 0.812. The van der Waals surface area contributed by atoms with Crippen LogP contribution in [0.15, 0.2) is 36.4 Å². The predicted molar refractivity (Wildman–Crippen MR) is 99.8 cm³/mol. The van der Waals surface area contributed by atoms with Gasteiger partial charge in [-0.2, -0.15) is 0 Å². The number of ketones is 1. The number of ether oxygens (including phenoxy) is 1. The Bertz CT molecular complexity index is 760. The van der Waals surface area contributed by atoms with Crippen molar-refractivity contribution in [3.05, 3.63) is 47.5 Å². The van der Waals surface area contributed by atoms with Crippen molar-refractivity contribution in [2.75, 3.05) is 0 Å². The topological polar surface area (TPSA) is 63.7 Å². The Kier molecular flexibility index (Phi) is 5.40. The molecule has 0 aromatic heterocycles. The Morgan fingerprint density at radius 1 is 1.27 bits per heavy atom. The average Bonchev–Trinajstić information content (AvgIpc) is 2.79. The van der Waals surface area contributed by atoms with Gasteiger partial charge in [0.15, 0.2) is 0 Å². The van der Waals surface area contributed by atoms with E-state index in [4.69, 9.17) is 4.74 Å². The summed E-state index contributed by atoms with van der Waals surface area (Å²) in [5.74, 6) is -0.785. The number of Topliss-reactive ketones (excluding diaryl/α,β-unsaturated/α-hetero) is 1. The lowest BCUT2D eigenvalue weighted by Crippen LogP contribution is -2.53. The van der Waals surface area contributed by atoms with E-state index >= 15 is 0 Å². The molecule has 2 amide bonds. The molecule has 140 valence electrons. The first-order valence-corrected chi connectivity index (χ1v) is 8.76. The van der Waals surface area contributed by atoms with Crippen LogP contribution >= 0.6 is 0 Å². The first-order chi connectivity index (χ1) is 11.9. The summed E-state index contributed by atoms with van der Waals surface area (Å²) in [7, 11) is 0. The fraction of sp³-hybridized carbons (Fsp3) is 0.476. The van der Waals surface area contributed by atoms with Crippen molar-refractivity contribution < 1.29 is 19.1 Å². The summed E-state index contributed by atoms with van der Waals surface area (Å²) < 4.78 is 5.44. The van der Waals surface area contributed by atoms with Gasteiger partial charge in [-0.15, -0.1) is 0 Å². The summed E-state index contributed by atoms with van der Waals surface area (Å²) >= 11 is 0. The van der Waals surface area contributed by atoms with Crippen LogP contribution in [0.1, 0.15) is 58.1 Å². The van der Waals surface area contributed by atoms with E-state index < -0.39 is 23.1 Å². The van der Waals surface area contributed by atoms with Crippen molar-refractivity contribution in [1.82, 2.24) is 4.90 Å². The van der Waals surface area contributed by atoms with Crippen LogP contribution in [-0.2, 0) is 14.3 Å². The molecular weight excluding hydrogens is 330 g/mol. The van der Waals surface area contributed by atoms with E-state index in [1.165, 1.54) is 13.0 Å². The van der Waals surface area contributed by atoms with Gasteiger partial charge >= 0.3 is 6.09 Å². The van der Waals surface area contributed by atoms with Gasteiger partial charge in [0.1, 0.15) is 11.4 Å². The maximum atomic E-state index is 12.7. The van der Waals surface area contributed by atoms with Gasteiger partial charge in [-0.25, -0.2) is 9.69 Å². The maximum Gasteiger partial charge on any atom is 0.418 e. The molecule has 1 heterocycles. The summed E-state index contributed by atoms with van der Waals surface area (Å²) in [6.07, 6.45) is 2.61. The van der Waals surface area contributed by atoms with E-state index in [9.17, 15) is 14.4 Å². The van der Waals surface area contributed by atoms with Gasteiger partial charge < -0.3 is 9.53 Å². The molecule has 5 heteroatoms. The van der Waals surface area contributed by atoms with E-state index in [0.717, 1.165) is 16.0 Å². The monoisotopic (exact) mass is 357 g/mol. The molecule has 1 aromatic carbocycles. The first-order valence-electron chi connectivity index (χ1n) is 8.76. The predicted octanol–water partition coefficient (Wildman–Crippen LogP) is 4.15. The Morgan fingerprint density at radius 2 is 1.92 bits per heavy atom. The smallest absolute Gasteiger partial charge is 0.418 e. The lowest BCUT2D eigenvalue weighted by molar-refractivity contribution is -0.129. The van der Waals surface area contributed by atoms with Crippen LogP contribution < -0.4 is 0 Å². The molecule has 0 unspecified atom stereocenters. The number of nitrogens with zero attached hydrogens (tertiary/aromatic N) is 1. The lowest BCUT2D eigenvalue weighted by Gasteiger charge is -2.40. The number of imide groups is 1. The number of hydrogen-bond acceptors (Lipinski definition) is 4. The Hall–Kier alpha value is -2.43. The van der Waals surface area contributed by atoms with Gasteiger partial charge in [0.05, 0.1) is 5.54 Å². The molecule has 0 spiro atoms. The Morgan fingerprint density at radius 3 is 2.46 bits per heavy atom. The molecule has 1 aromatic rings. The van der Waals surface area contributed by atoms with Crippen molar-refractivity contribution in [3.8, 4) is 0 Å². The third-order valence-corrected chi connectivity index (χ3v) is 4.48. The molecule has 0 fully saturated rings. The highest BCUT2D eigenvalue weighted by Gasteiger charge is 2.49. The lowest BCUT2D eigenvalue weighted by atomic mass is 9.77. The molecule has 0 aliphatic carbocycles. The molecule has 0 saturated carbocycles. The summed E-state index contributed by atoms with van der Waals surface area (Å²) in [5.41, 5.74) is 0.270. The second-order valence-electron chi connectivity index (χ2n) is 8.09. The van der Waals surface area contributed by atoms with E-state index in [0.29, 0.717) is 0 Å². The molecule has 0 bridgehead atoms. The van der Waals surface area contributed by atoms with Crippen LogP contribution in [0.4, 0.5) is 4.79 Å². The summed E-state index contributed by atoms with van der Waals surface area (Å²) in [6, 6.07) is 7.80. The van der Waals surface area contributed by atoms with Crippen LogP contribution in [0.25, 0.3) is 0 Å².